The molecule has 37 heavy (non-hydrogen) atoms. The largest absolute Gasteiger partial charge is 0.344 e. The Kier molecular flexibility index (Phi) is 9.81. The number of rotatable bonds is 9. The van der Waals surface area contributed by atoms with Crippen LogP contribution in [-0.4, -0.2) is 51.3 Å². The summed E-state index contributed by atoms with van der Waals surface area (Å²) in [4.78, 5) is 42.1. The Morgan fingerprint density at radius 2 is 1.73 bits per heavy atom. The van der Waals surface area contributed by atoms with Gasteiger partial charge in [0.05, 0.1) is 0 Å². The summed E-state index contributed by atoms with van der Waals surface area (Å²) in [6.07, 6.45) is 5.72. The van der Waals surface area contributed by atoms with Gasteiger partial charge in [0.15, 0.2) is 0 Å². The predicted molar refractivity (Wildman–Crippen MR) is 148 cm³/mol. The molecule has 2 aromatic rings. The van der Waals surface area contributed by atoms with Crippen LogP contribution < -0.4 is 10.6 Å². The minimum atomic E-state index is -0.766. The lowest BCUT2D eigenvalue weighted by Crippen LogP contribution is -2.59. The highest BCUT2D eigenvalue weighted by Gasteiger charge is 2.42. The number of hydrogen-bond acceptors (Lipinski definition) is 6. The number of nitrogens with zero attached hydrogens (tertiary/aromatic N) is 3. The molecule has 3 amide bonds. The third-order valence-corrected chi connectivity index (χ3v) is 7.96. The Labute approximate surface area is 224 Å². The topological polar surface area (TPSA) is 104 Å². The highest BCUT2D eigenvalue weighted by atomic mass is 32.1. The molecule has 1 aromatic carbocycles. The zero-order valence-corrected chi connectivity index (χ0v) is 23.7. The first-order valence-corrected chi connectivity index (χ1v) is 14.1. The van der Waals surface area contributed by atoms with Gasteiger partial charge in [-0.15, -0.1) is 5.10 Å². The van der Waals surface area contributed by atoms with Crippen LogP contribution in [0.1, 0.15) is 73.1 Å². The van der Waals surface area contributed by atoms with Crippen LogP contribution in [0.15, 0.2) is 30.3 Å². The van der Waals surface area contributed by atoms with Crippen LogP contribution in [0.2, 0.25) is 0 Å². The Bertz CT molecular complexity index is 1060. The van der Waals surface area contributed by atoms with Gasteiger partial charge in [0.2, 0.25) is 17.7 Å². The van der Waals surface area contributed by atoms with E-state index in [1.807, 2.05) is 65.0 Å². The molecule has 9 heteroatoms. The van der Waals surface area contributed by atoms with Gasteiger partial charge in [-0.3, -0.25) is 14.4 Å². The maximum atomic E-state index is 14.0. The number of carbonyl (C=O) groups excluding carboxylic acids is 3. The van der Waals surface area contributed by atoms with E-state index in [1.54, 1.807) is 7.05 Å². The zero-order valence-electron chi connectivity index (χ0n) is 22.9. The van der Waals surface area contributed by atoms with Gasteiger partial charge in [-0.05, 0) is 30.6 Å². The van der Waals surface area contributed by atoms with Crippen molar-refractivity contribution in [3.05, 3.63) is 30.3 Å². The summed E-state index contributed by atoms with van der Waals surface area (Å²) < 4.78 is 4.05. The van der Waals surface area contributed by atoms with Crippen LogP contribution in [0, 0.1) is 17.3 Å². The first-order chi connectivity index (χ1) is 17.5. The van der Waals surface area contributed by atoms with E-state index in [9.17, 15) is 14.4 Å². The van der Waals surface area contributed by atoms with E-state index in [1.165, 1.54) is 4.90 Å². The van der Waals surface area contributed by atoms with Crippen molar-refractivity contribution in [2.75, 3.05) is 12.4 Å². The average molecular weight is 528 g/mol. The van der Waals surface area contributed by atoms with Gasteiger partial charge in [0.25, 0.3) is 0 Å². The molecular formula is C28H41N5O3S. The zero-order chi connectivity index (χ0) is 27.2. The summed E-state index contributed by atoms with van der Waals surface area (Å²) in [6, 6.07) is 8.15. The Morgan fingerprint density at radius 1 is 1.08 bits per heavy atom. The predicted octanol–water partition coefficient (Wildman–Crippen LogP) is 5.13. The fourth-order valence-corrected chi connectivity index (χ4v) is 5.66. The number of carbonyl (C=O) groups is 3. The second-order valence-electron chi connectivity index (χ2n) is 11.2. The normalized spacial score (nSPS) is 16.9. The second-order valence-corrected chi connectivity index (χ2v) is 12.0. The van der Waals surface area contributed by atoms with Crippen LogP contribution in [0.5, 0.6) is 0 Å². The number of benzene rings is 1. The van der Waals surface area contributed by atoms with Gasteiger partial charge >= 0.3 is 0 Å². The van der Waals surface area contributed by atoms with Crippen molar-refractivity contribution < 1.29 is 14.4 Å². The fraction of sp³-hybridized carbons (Fsp3) is 0.607. The highest BCUT2D eigenvalue weighted by Crippen LogP contribution is 2.33. The van der Waals surface area contributed by atoms with Crippen LogP contribution >= 0.6 is 11.5 Å². The summed E-state index contributed by atoms with van der Waals surface area (Å²) in [7, 11) is 1.67. The van der Waals surface area contributed by atoms with E-state index in [4.69, 9.17) is 0 Å². The summed E-state index contributed by atoms with van der Waals surface area (Å²) in [5.41, 5.74) is 0.895. The molecule has 0 unspecified atom stereocenters. The van der Waals surface area contributed by atoms with Crippen molar-refractivity contribution in [2.24, 2.45) is 17.3 Å². The number of likely N-dealkylation sites (N-methyl/N-ethyl adjacent to an activating group) is 1. The fourth-order valence-electron chi connectivity index (χ4n) is 5.06. The molecule has 1 aromatic heterocycles. The molecule has 0 aliphatic heterocycles. The summed E-state index contributed by atoms with van der Waals surface area (Å²) >= 11 is 1.11. The van der Waals surface area contributed by atoms with E-state index in [0.29, 0.717) is 17.1 Å². The van der Waals surface area contributed by atoms with Gasteiger partial charge in [-0.2, -0.15) is 0 Å². The third-order valence-electron chi connectivity index (χ3n) is 7.32. The van der Waals surface area contributed by atoms with Gasteiger partial charge < -0.3 is 15.5 Å². The number of amides is 3. The number of hydrogen-bond donors (Lipinski definition) is 2. The standard InChI is InChI=1S/C28H41N5O3S/c1-7-18(2)24(34)29-22(20-16-12-9-13-17-20)27(36)33(6)23(28(3,4)5)25(35)30-26-21(31-32-37-26)19-14-10-8-11-15-19/h8,10-11,14-15,18,20,22-23H,7,9,12-13,16-17H2,1-6H3,(H,29,34)(H,30,35)/t18-,22+,23-/m1/s1. The van der Waals surface area contributed by atoms with Crippen molar-refractivity contribution in [2.45, 2.75) is 85.2 Å². The summed E-state index contributed by atoms with van der Waals surface area (Å²) in [5, 5.41) is 10.8. The maximum absolute atomic E-state index is 14.0. The molecular weight excluding hydrogens is 486 g/mol. The Hall–Kier alpha value is -2.81. The summed E-state index contributed by atoms with van der Waals surface area (Å²) in [6.45, 7) is 9.66. The van der Waals surface area contributed by atoms with E-state index in [0.717, 1.165) is 49.2 Å². The van der Waals surface area contributed by atoms with E-state index in [2.05, 4.69) is 20.2 Å². The lowest BCUT2D eigenvalue weighted by molar-refractivity contribution is -0.145. The molecule has 0 spiro atoms. The Morgan fingerprint density at radius 3 is 2.32 bits per heavy atom. The molecule has 8 nitrogen and oxygen atoms in total. The van der Waals surface area contributed by atoms with Crippen molar-refractivity contribution in [3.8, 4) is 11.3 Å². The van der Waals surface area contributed by atoms with Crippen LogP contribution in [0.4, 0.5) is 5.00 Å². The molecule has 1 fully saturated rings. The van der Waals surface area contributed by atoms with Crippen LogP contribution in [-0.2, 0) is 14.4 Å². The molecule has 0 saturated heterocycles. The quantitative estimate of drug-likeness (QED) is 0.471. The maximum Gasteiger partial charge on any atom is 0.248 e. The van der Waals surface area contributed by atoms with Crippen molar-refractivity contribution >= 4 is 34.3 Å². The van der Waals surface area contributed by atoms with Crippen LogP contribution in [0.25, 0.3) is 11.3 Å². The van der Waals surface area contributed by atoms with Crippen molar-refractivity contribution in [1.82, 2.24) is 19.8 Å². The molecule has 0 radical (unpaired) electrons. The lowest BCUT2D eigenvalue weighted by atomic mass is 9.81. The van der Waals surface area contributed by atoms with Gasteiger partial charge in [0, 0.05) is 30.1 Å². The minimum Gasteiger partial charge on any atom is -0.344 e. The molecule has 1 aliphatic carbocycles. The smallest absolute Gasteiger partial charge is 0.248 e. The molecule has 202 valence electrons. The first kappa shape index (κ1) is 28.8. The number of aromatic nitrogens is 2. The molecule has 1 heterocycles. The van der Waals surface area contributed by atoms with Gasteiger partial charge in [-0.1, -0.05) is 88.7 Å². The third kappa shape index (κ3) is 7.15. The van der Waals surface area contributed by atoms with E-state index in [-0.39, 0.29) is 29.6 Å². The minimum absolute atomic E-state index is 0.0655. The second kappa shape index (κ2) is 12.6. The summed E-state index contributed by atoms with van der Waals surface area (Å²) in [5.74, 6) is -0.747. The van der Waals surface area contributed by atoms with E-state index < -0.39 is 17.5 Å². The van der Waals surface area contributed by atoms with Gasteiger partial charge in [-0.25, -0.2) is 0 Å². The van der Waals surface area contributed by atoms with E-state index >= 15 is 0 Å². The highest BCUT2D eigenvalue weighted by molar-refractivity contribution is 7.10. The van der Waals surface area contributed by atoms with Crippen molar-refractivity contribution in [1.29, 1.82) is 0 Å². The molecule has 1 aliphatic rings. The lowest BCUT2D eigenvalue weighted by Gasteiger charge is -2.40. The molecule has 3 atom stereocenters. The molecule has 3 rings (SSSR count). The molecule has 2 N–H and O–H groups in total. The number of nitrogens with one attached hydrogen (secondary N) is 2. The monoisotopic (exact) mass is 527 g/mol. The first-order valence-electron chi connectivity index (χ1n) is 13.3. The molecule has 1 saturated carbocycles. The van der Waals surface area contributed by atoms with Crippen LogP contribution in [0.3, 0.4) is 0 Å². The van der Waals surface area contributed by atoms with Gasteiger partial charge in [0.1, 0.15) is 22.8 Å². The average Bonchev–Trinajstić information content (AvgIpc) is 3.34. The SMILES string of the molecule is CC[C@@H](C)C(=O)N[C@H](C(=O)N(C)[C@H](C(=O)Nc1snnc1-c1ccccc1)C(C)(C)C)C1CCCCC1. The Balaban J connectivity index is 1.86. The van der Waals surface area contributed by atoms with Crippen molar-refractivity contribution in [3.63, 3.8) is 0 Å². The number of anilines is 1. The molecule has 0 bridgehead atoms.